The van der Waals surface area contributed by atoms with Crippen LogP contribution in [-0.2, 0) is 10.2 Å². The number of rotatable bonds is 8. The van der Waals surface area contributed by atoms with E-state index in [1.807, 2.05) is 19.1 Å². The molecule has 0 amide bonds. The number of hydrogen-bond acceptors (Lipinski definition) is 4. The van der Waals surface area contributed by atoms with Gasteiger partial charge < -0.3 is 24.8 Å². The molecule has 0 spiro atoms. The summed E-state index contributed by atoms with van der Waals surface area (Å²) in [5, 5.41) is 6.55. The zero-order chi connectivity index (χ0) is 17.4. The summed E-state index contributed by atoms with van der Waals surface area (Å²) in [6.07, 6.45) is 0. The number of nitrogens with one attached hydrogen (secondary N) is 2. The first-order chi connectivity index (χ1) is 11.6. The van der Waals surface area contributed by atoms with Crippen LogP contribution in [0.1, 0.15) is 33.3 Å². The normalized spacial score (nSPS) is 13.9. The Hall–Kier alpha value is -1.95. The van der Waals surface area contributed by atoms with Gasteiger partial charge in [0, 0.05) is 25.1 Å². The second-order valence-corrected chi connectivity index (χ2v) is 6.27. The van der Waals surface area contributed by atoms with Crippen molar-refractivity contribution >= 4 is 5.96 Å². The number of aliphatic imine (C=N–C) groups is 1. The lowest BCUT2D eigenvalue weighted by atomic mass is 9.84. The minimum absolute atomic E-state index is 0.108. The van der Waals surface area contributed by atoms with Gasteiger partial charge in [0.2, 0.25) is 6.79 Å². The van der Waals surface area contributed by atoms with Crippen molar-refractivity contribution < 1.29 is 14.2 Å². The van der Waals surface area contributed by atoms with Crippen LogP contribution in [-0.4, -0.2) is 45.6 Å². The lowest BCUT2D eigenvalue weighted by Gasteiger charge is -2.24. The van der Waals surface area contributed by atoms with Crippen LogP contribution in [0.2, 0.25) is 0 Å². The van der Waals surface area contributed by atoms with Crippen molar-refractivity contribution in [3.63, 3.8) is 0 Å². The number of hydrogen-bond donors (Lipinski definition) is 2. The first-order valence-corrected chi connectivity index (χ1v) is 8.57. The molecule has 24 heavy (non-hydrogen) atoms. The maximum absolute atomic E-state index is 5.48. The summed E-state index contributed by atoms with van der Waals surface area (Å²) in [5.74, 6) is 2.43. The average molecular weight is 335 g/mol. The van der Waals surface area contributed by atoms with Crippen LogP contribution in [0.15, 0.2) is 23.2 Å². The minimum atomic E-state index is -0.108. The Kier molecular flexibility index (Phi) is 6.73. The van der Waals surface area contributed by atoms with Gasteiger partial charge in [0.1, 0.15) is 0 Å². The van der Waals surface area contributed by atoms with E-state index in [1.54, 1.807) is 0 Å². The Morgan fingerprint density at radius 1 is 1.21 bits per heavy atom. The largest absolute Gasteiger partial charge is 0.454 e. The van der Waals surface area contributed by atoms with Gasteiger partial charge >= 0.3 is 0 Å². The van der Waals surface area contributed by atoms with Crippen LogP contribution in [0.25, 0.3) is 0 Å². The lowest BCUT2D eigenvalue weighted by Crippen LogP contribution is -2.40. The van der Waals surface area contributed by atoms with Crippen molar-refractivity contribution in [2.75, 3.05) is 39.6 Å². The number of guanidine groups is 1. The molecule has 6 heteroatoms. The van der Waals surface area contributed by atoms with E-state index >= 15 is 0 Å². The zero-order valence-corrected chi connectivity index (χ0v) is 15.1. The molecular weight excluding hydrogens is 306 g/mol. The van der Waals surface area contributed by atoms with Crippen molar-refractivity contribution in [2.24, 2.45) is 4.99 Å². The standard InChI is InChI=1S/C18H29N3O3/c1-5-19-17(20-9-10-22-6-2)21-12-18(3,4)14-7-8-15-16(11-14)24-13-23-15/h7-8,11H,5-6,9-10,12-13H2,1-4H3,(H2,19,20,21). The molecular formula is C18H29N3O3. The van der Waals surface area contributed by atoms with E-state index in [9.17, 15) is 0 Å². The first-order valence-electron chi connectivity index (χ1n) is 8.57. The van der Waals surface area contributed by atoms with Crippen molar-refractivity contribution in [3.05, 3.63) is 23.8 Å². The highest BCUT2D eigenvalue weighted by Crippen LogP contribution is 2.36. The van der Waals surface area contributed by atoms with Gasteiger partial charge in [-0.15, -0.1) is 0 Å². The van der Waals surface area contributed by atoms with E-state index in [4.69, 9.17) is 19.2 Å². The summed E-state index contributed by atoms with van der Waals surface area (Å²) in [6.45, 7) is 12.3. The van der Waals surface area contributed by atoms with Crippen LogP contribution >= 0.6 is 0 Å². The highest BCUT2D eigenvalue weighted by atomic mass is 16.7. The summed E-state index contributed by atoms with van der Waals surface area (Å²) in [4.78, 5) is 4.72. The Morgan fingerprint density at radius 2 is 2.00 bits per heavy atom. The molecule has 134 valence electrons. The maximum atomic E-state index is 5.48. The van der Waals surface area contributed by atoms with Crippen LogP contribution in [0, 0.1) is 0 Å². The summed E-state index contributed by atoms with van der Waals surface area (Å²) in [7, 11) is 0. The van der Waals surface area contributed by atoms with E-state index in [2.05, 4.69) is 37.5 Å². The first kappa shape index (κ1) is 18.4. The zero-order valence-electron chi connectivity index (χ0n) is 15.1. The molecule has 0 radical (unpaired) electrons. The molecule has 1 aromatic carbocycles. The molecule has 0 fully saturated rings. The van der Waals surface area contributed by atoms with Crippen LogP contribution in [0.3, 0.4) is 0 Å². The molecule has 6 nitrogen and oxygen atoms in total. The molecule has 0 aromatic heterocycles. The molecule has 0 unspecified atom stereocenters. The molecule has 1 aliphatic rings. The second kappa shape index (κ2) is 8.78. The van der Waals surface area contributed by atoms with Crippen molar-refractivity contribution in [1.82, 2.24) is 10.6 Å². The summed E-state index contributed by atoms with van der Waals surface area (Å²) in [6, 6.07) is 6.10. The predicted octanol–water partition coefficient (Wildman–Crippen LogP) is 2.28. The molecule has 0 atom stereocenters. The fraction of sp³-hybridized carbons (Fsp3) is 0.611. The SMILES string of the molecule is CCNC(=NCC(C)(C)c1ccc2c(c1)OCO2)NCCOCC. The maximum Gasteiger partial charge on any atom is 0.231 e. The monoisotopic (exact) mass is 335 g/mol. The summed E-state index contributed by atoms with van der Waals surface area (Å²) in [5.41, 5.74) is 1.07. The van der Waals surface area contributed by atoms with Gasteiger partial charge in [-0.05, 0) is 31.5 Å². The molecule has 1 aliphatic heterocycles. The lowest BCUT2D eigenvalue weighted by molar-refractivity contribution is 0.152. The number of nitrogens with zero attached hydrogens (tertiary/aromatic N) is 1. The van der Waals surface area contributed by atoms with Crippen LogP contribution in [0.5, 0.6) is 11.5 Å². The molecule has 2 rings (SSSR count). The number of benzene rings is 1. The van der Waals surface area contributed by atoms with E-state index in [0.29, 0.717) is 19.9 Å². The fourth-order valence-corrected chi connectivity index (χ4v) is 2.41. The Labute approximate surface area is 144 Å². The third-order valence-corrected chi connectivity index (χ3v) is 3.87. The van der Waals surface area contributed by atoms with Crippen LogP contribution in [0.4, 0.5) is 0 Å². The van der Waals surface area contributed by atoms with Gasteiger partial charge in [-0.2, -0.15) is 0 Å². The molecule has 2 N–H and O–H groups in total. The Morgan fingerprint density at radius 3 is 2.75 bits per heavy atom. The van der Waals surface area contributed by atoms with Gasteiger partial charge in [-0.25, -0.2) is 0 Å². The predicted molar refractivity (Wildman–Crippen MR) is 96.1 cm³/mol. The van der Waals surface area contributed by atoms with Crippen molar-refractivity contribution in [3.8, 4) is 11.5 Å². The minimum Gasteiger partial charge on any atom is -0.454 e. The molecule has 0 saturated carbocycles. The molecule has 1 aromatic rings. The average Bonchev–Trinajstić information content (AvgIpc) is 3.04. The quantitative estimate of drug-likeness (QED) is 0.433. The van der Waals surface area contributed by atoms with Crippen LogP contribution < -0.4 is 20.1 Å². The fourth-order valence-electron chi connectivity index (χ4n) is 2.41. The molecule has 0 aliphatic carbocycles. The Bertz CT molecular complexity index is 558. The third kappa shape index (κ3) is 5.03. The van der Waals surface area contributed by atoms with E-state index in [1.165, 1.54) is 5.56 Å². The van der Waals surface area contributed by atoms with Gasteiger partial charge in [-0.3, -0.25) is 4.99 Å². The Balaban J connectivity index is 1.99. The summed E-state index contributed by atoms with van der Waals surface area (Å²) >= 11 is 0. The summed E-state index contributed by atoms with van der Waals surface area (Å²) < 4.78 is 16.2. The van der Waals surface area contributed by atoms with Crippen molar-refractivity contribution in [2.45, 2.75) is 33.1 Å². The van der Waals surface area contributed by atoms with Gasteiger partial charge in [0.25, 0.3) is 0 Å². The molecule has 0 saturated heterocycles. The smallest absolute Gasteiger partial charge is 0.231 e. The van der Waals surface area contributed by atoms with E-state index in [0.717, 1.165) is 37.2 Å². The molecule has 1 heterocycles. The highest BCUT2D eigenvalue weighted by molar-refractivity contribution is 5.79. The van der Waals surface area contributed by atoms with Crippen molar-refractivity contribution in [1.29, 1.82) is 0 Å². The number of fused-ring (bicyclic) bond motifs is 1. The topological polar surface area (TPSA) is 64.1 Å². The van der Waals surface area contributed by atoms with Gasteiger partial charge in [0.05, 0.1) is 13.2 Å². The highest BCUT2D eigenvalue weighted by Gasteiger charge is 2.24. The second-order valence-electron chi connectivity index (χ2n) is 6.27. The van der Waals surface area contributed by atoms with Gasteiger partial charge in [0.15, 0.2) is 17.5 Å². The van der Waals surface area contributed by atoms with Gasteiger partial charge in [-0.1, -0.05) is 19.9 Å². The van der Waals surface area contributed by atoms with E-state index < -0.39 is 0 Å². The third-order valence-electron chi connectivity index (χ3n) is 3.87. The molecule has 0 bridgehead atoms. The van der Waals surface area contributed by atoms with E-state index in [-0.39, 0.29) is 5.41 Å². The number of ether oxygens (including phenoxy) is 3.